The van der Waals surface area contributed by atoms with Crippen LogP contribution in [0.2, 0.25) is 0 Å². The maximum atomic E-state index is 9.07. The zero-order valence-corrected chi connectivity index (χ0v) is 9.15. The standard InChI is InChI=1S/C10H22N2O2/c1-3-9(4-11)12-5-8(2)14-10(6-12)7-13/h8-10,13H,3-7,11H2,1-2H3. The molecule has 1 fully saturated rings. The highest BCUT2D eigenvalue weighted by Gasteiger charge is 2.27. The Morgan fingerprint density at radius 3 is 2.79 bits per heavy atom. The van der Waals surface area contributed by atoms with Crippen molar-refractivity contribution in [3.05, 3.63) is 0 Å². The molecular weight excluding hydrogens is 180 g/mol. The Balaban J connectivity index is 2.51. The number of ether oxygens (including phenoxy) is 1. The van der Waals surface area contributed by atoms with Crippen LogP contribution in [0, 0.1) is 0 Å². The Bertz CT molecular complexity index is 162. The van der Waals surface area contributed by atoms with Crippen LogP contribution in [-0.2, 0) is 4.74 Å². The molecule has 1 saturated heterocycles. The summed E-state index contributed by atoms with van der Waals surface area (Å²) in [4.78, 5) is 2.33. The number of hydrogen-bond acceptors (Lipinski definition) is 4. The second-order valence-electron chi connectivity index (χ2n) is 4.00. The monoisotopic (exact) mass is 202 g/mol. The highest BCUT2D eigenvalue weighted by atomic mass is 16.5. The largest absolute Gasteiger partial charge is 0.394 e. The van der Waals surface area contributed by atoms with E-state index < -0.39 is 0 Å². The second kappa shape index (κ2) is 5.66. The summed E-state index contributed by atoms with van der Waals surface area (Å²) in [7, 11) is 0. The van der Waals surface area contributed by atoms with E-state index in [-0.39, 0.29) is 18.8 Å². The van der Waals surface area contributed by atoms with E-state index in [9.17, 15) is 0 Å². The number of rotatable bonds is 4. The zero-order valence-electron chi connectivity index (χ0n) is 9.15. The van der Waals surface area contributed by atoms with Crippen molar-refractivity contribution in [2.75, 3.05) is 26.2 Å². The maximum absolute atomic E-state index is 9.07. The molecule has 1 aliphatic heterocycles. The van der Waals surface area contributed by atoms with Gasteiger partial charge in [0, 0.05) is 25.7 Å². The smallest absolute Gasteiger partial charge is 0.0936 e. The van der Waals surface area contributed by atoms with Gasteiger partial charge in [0.25, 0.3) is 0 Å². The zero-order chi connectivity index (χ0) is 10.6. The van der Waals surface area contributed by atoms with Crippen LogP contribution in [0.3, 0.4) is 0 Å². The van der Waals surface area contributed by atoms with Crippen LogP contribution >= 0.6 is 0 Å². The van der Waals surface area contributed by atoms with E-state index in [1.54, 1.807) is 0 Å². The van der Waals surface area contributed by atoms with Gasteiger partial charge in [0.2, 0.25) is 0 Å². The molecule has 0 radical (unpaired) electrons. The van der Waals surface area contributed by atoms with Gasteiger partial charge in [0.05, 0.1) is 18.8 Å². The van der Waals surface area contributed by atoms with Crippen LogP contribution < -0.4 is 5.73 Å². The summed E-state index contributed by atoms with van der Waals surface area (Å²) in [6.45, 7) is 6.69. The van der Waals surface area contributed by atoms with Gasteiger partial charge in [0.15, 0.2) is 0 Å². The van der Waals surface area contributed by atoms with E-state index in [0.717, 1.165) is 19.5 Å². The van der Waals surface area contributed by atoms with Crippen LogP contribution in [0.4, 0.5) is 0 Å². The maximum Gasteiger partial charge on any atom is 0.0936 e. The Morgan fingerprint density at radius 1 is 1.57 bits per heavy atom. The third-order valence-corrected chi connectivity index (χ3v) is 2.82. The van der Waals surface area contributed by atoms with Gasteiger partial charge in [-0.25, -0.2) is 0 Å². The average molecular weight is 202 g/mol. The number of hydrogen-bond donors (Lipinski definition) is 2. The van der Waals surface area contributed by atoms with Crippen molar-refractivity contribution in [3.8, 4) is 0 Å². The molecule has 0 aromatic heterocycles. The van der Waals surface area contributed by atoms with E-state index in [2.05, 4.69) is 11.8 Å². The molecule has 0 aromatic rings. The molecule has 3 N–H and O–H groups in total. The van der Waals surface area contributed by atoms with Crippen molar-refractivity contribution in [3.63, 3.8) is 0 Å². The summed E-state index contributed by atoms with van der Waals surface area (Å²) in [5.41, 5.74) is 5.70. The van der Waals surface area contributed by atoms with Crippen LogP contribution in [0.1, 0.15) is 20.3 Å². The minimum absolute atomic E-state index is 0.0423. The lowest BCUT2D eigenvalue weighted by Crippen LogP contribution is -2.53. The molecule has 0 saturated carbocycles. The lowest BCUT2D eigenvalue weighted by Gasteiger charge is -2.40. The topological polar surface area (TPSA) is 58.7 Å². The van der Waals surface area contributed by atoms with Crippen molar-refractivity contribution >= 4 is 0 Å². The van der Waals surface area contributed by atoms with Gasteiger partial charge in [-0.15, -0.1) is 0 Å². The van der Waals surface area contributed by atoms with Crippen molar-refractivity contribution < 1.29 is 9.84 Å². The molecule has 0 aromatic carbocycles. The summed E-state index contributed by atoms with van der Waals surface area (Å²) in [6, 6.07) is 0.426. The predicted molar refractivity (Wildman–Crippen MR) is 56.1 cm³/mol. The molecule has 0 spiro atoms. The highest BCUT2D eigenvalue weighted by Crippen LogP contribution is 2.14. The summed E-state index contributed by atoms with van der Waals surface area (Å²) < 4.78 is 5.57. The van der Waals surface area contributed by atoms with E-state index >= 15 is 0 Å². The van der Waals surface area contributed by atoms with Crippen molar-refractivity contribution in [2.24, 2.45) is 5.73 Å². The van der Waals surface area contributed by atoms with Gasteiger partial charge < -0.3 is 15.6 Å². The molecule has 1 heterocycles. The molecular formula is C10H22N2O2. The Labute approximate surface area is 86.0 Å². The molecule has 1 aliphatic rings. The Hall–Kier alpha value is -0.160. The van der Waals surface area contributed by atoms with Crippen molar-refractivity contribution in [1.29, 1.82) is 0 Å². The van der Waals surface area contributed by atoms with Gasteiger partial charge in [0.1, 0.15) is 0 Å². The predicted octanol–water partition coefficient (Wildman–Crippen LogP) is -0.195. The van der Waals surface area contributed by atoms with Crippen LogP contribution in [0.25, 0.3) is 0 Å². The number of nitrogens with two attached hydrogens (primary N) is 1. The summed E-state index contributed by atoms with van der Waals surface area (Å²) in [5, 5.41) is 9.07. The molecule has 0 aliphatic carbocycles. The number of nitrogens with zero attached hydrogens (tertiary/aromatic N) is 1. The molecule has 4 nitrogen and oxygen atoms in total. The van der Waals surface area contributed by atoms with Gasteiger partial charge in [-0.05, 0) is 13.3 Å². The second-order valence-corrected chi connectivity index (χ2v) is 4.00. The molecule has 0 amide bonds. The molecule has 14 heavy (non-hydrogen) atoms. The van der Waals surface area contributed by atoms with Crippen LogP contribution in [0.5, 0.6) is 0 Å². The van der Waals surface area contributed by atoms with Crippen molar-refractivity contribution in [1.82, 2.24) is 4.90 Å². The number of aliphatic hydroxyl groups is 1. The molecule has 0 bridgehead atoms. The fraction of sp³-hybridized carbons (Fsp3) is 1.00. The average Bonchev–Trinajstić information content (AvgIpc) is 2.19. The van der Waals surface area contributed by atoms with E-state index in [1.165, 1.54) is 0 Å². The molecule has 84 valence electrons. The Morgan fingerprint density at radius 2 is 2.29 bits per heavy atom. The minimum atomic E-state index is -0.0423. The fourth-order valence-corrected chi connectivity index (χ4v) is 2.05. The molecule has 3 atom stereocenters. The highest BCUT2D eigenvalue weighted by molar-refractivity contribution is 4.80. The fourth-order valence-electron chi connectivity index (χ4n) is 2.05. The Kier molecular flexibility index (Phi) is 4.81. The van der Waals surface area contributed by atoms with Gasteiger partial charge in [-0.1, -0.05) is 6.92 Å². The van der Waals surface area contributed by atoms with E-state index in [4.69, 9.17) is 15.6 Å². The first-order valence-corrected chi connectivity index (χ1v) is 5.41. The first-order valence-electron chi connectivity index (χ1n) is 5.41. The van der Waals surface area contributed by atoms with Crippen LogP contribution in [-0.4, -0.2) is 54.5 Å². The number of morpholine rings is 1. The summed E-state index contributed by atoms with van der Waals surface area (Å²) in [5.74, 6) is 0. The SMILES string of the molecule is CCC(CN)N1CC(C)OC(CO)C1. The lowest BCUT2D eigenvalue weighted by molar-refractivity contribution is -0.105. The quantitative estimate of drug-likeness (QED) is 0.663. The summed E-state index contributed by atoms with van der Waals surface area (Å²) in [6.07, 6.45) is 1.21. The third kappa shape index (κ3) is 2.92. The minimum Gasteiger partial charge on any atom is -0.394 e. The van der Waals surface area contributed by atoms with Gasteiger partial charge in [-0.2, -0.15) is 0 Å². The third-order valence-electron chi connectivity index (χ3n) is 2.82. The summed E-state index contributed by atoms with van der Waals surface area (Å²) >= 11 is 0. The molecule has 3 unspecified atom stereocenters. The van der Waals surface area contributed by atoms with Gasteiger partial charge in [-0.3, -0.25) is 4.90 Å². The van der Waals surface area contributed by atoms with E-state index in [0.29, 0.717) is 12.6 Å². The molecule has 4 heteroatoms. The van der Waals surface area contributed by atoms with Crippen LogP contribution in [0.15, 0.2) is 0 Å². The van der Waals surface area contributed by atoms with E-state index in [1.807, 2.05) is 6.92 Å². The molecule has 1 rings (SSSR count). The normalized spacial score (nSPS) is 31.7. The first-order chi connectivity index (χ1) is 6.71. The first kappa shape index (κ1) is 11.9. The van der Waals surface area contributed by atoms with Gasteiger partial charge >= 0.3 is 0 Å². The number of aliphatic hydroxyl groups excluding tert-OH is 1. The lowest BCUT2D eigenvalue weighted by atomic mass is 10.1. The van der Waals surface area contributed by atoms with Crippen molar-refractivity contribution in [2.45, 2.75) is 38.5 Å².